The zero-order chi connectivity index (χ0) is 14.8. The van der Waals surface area contributed by atoms with Crippen molar-refractivity contribution >= 4 is 57.3 Å². The smallest absolute Gasteiger partial charge is 0.268 e. The van der Waals surface area contributed by atoms with Crippen LogP contribution in [-0.4, -0.2) is 10.2 Å². The maximum absolute atomic E-state index is 12.6. The fourth-order valence-electron chi connectivity index (χ4n) is 2.07. The largest absolute Gasteiger partial charge is 0.270 e. The van der Waals surface area contributed by atoms with Crippen LogP contribution < -0.4 is 4.90 Å². The van der Waals surface area contributed by atoms with E-state index >= 15 is 0 Å². The molecule has 1 aliphatic heterocycles. The summed E-state index contributed by atoms with van der Waals surface area (Å²) in [6.45, 7) is 2.11. The van der Waals surface area contributed by atoms with Crippen LogP contribution in [0.15, 0.2) is 46.7 Å². The molecule has 0 saturated carbocycles. The fraction of sp³-hybridized carbons (Fsp3) is 0.125. The van der Waals surface area contributed by atoms with Crippen LogP contribution >= 0.6 is 35.3 Å². The summed E-state index contributed by atoms with van der Waals surface area (Å²) in [5.74, 6) is -0.0392. The van der Waals surface area contributed by atoms with E-state index < -0.39 is 0 Å². The van der Waals surface area contributed by atoms with Crippen molar-refractivity contribution in [3.05, 3.63) is 57.1 Å². The van der Waals surface area contributed by atoms with Crippen molar-refractivity contribution in [3.8, 4) is 0 Å². The lowest BCUT2D eigenvalue weighted by Gasteiger charge is -2.14. The molecule has 1 amide bonds. The molecule has 1 aromatic heterocycles. The van der Waals surface area contributed by atoms with Gasteiger partial charge in [-0.2, -0.15) is 0 Å². The Morgan fingerprint density at radius 3 is 2.62 bits per heavy atom. The van der Waals surface area contributed by atoms with Crippen LogP contribution in [0.2, 0.25) is 0 Å². The molecule has 3 rings (SSSR count). The number of thioether (sulfide) groups is 1. The van der Waals surface area contributed by atoms with Crippen LogP contribution in [0.25, 0.3) is 6.08 Å². The van der Waals surface area contributed by atoms with Gasteiger partial charge in [-0.3, -0.25) is 9.69 Å². The number of thiophene rings is 1. The third-order valence-electron chi connectivity index (χ3n) is 3.21. The predicted molar refractivity (Wildman–Crippen MR) is 95.8 cm³/mol. The first-order valence-corrected chi connectivity index (χ1v) is 8.70. The van der Waals surface area contributed by atoms with Crippen LogP contribution in [0, 0.1) is 0 Å². The number of nitrogens with zero attached hydrogens (tertiary/aromatic N) is 1. The van der Waals surface area contributed by atoms with Gasteiger partial charge in [0.1, 0.15) is 0 Å². The summed E-state index contributed by atoms with van der Waals surface area (Å²) >= 11 is 8.34. The summed E-state index contributed by atoms with van der Waals surface area (Å²) in [5, 5.41) is 2.00. The Hall–Kier alpha value is -1.43. The van der Waals surface area contributed by atoms with Gasteiger partial charge in [-0.25, -0.2) is 0 Å². The standard InChI is InChI=1S/C16H13NOS3/c1-2-11-5-7-12(8-6-11)17-15(18)14(21-16(17)19)10-13-4-3-9-20-13/h3-10H,2H2,1H3/b14-10+. The highest BCUT2D eigenvalue weighted by molar-refractivity contribution is 8.27. The first-order chi connectivity index (χ1) is 10.2. The van der Waals surface area contributed by atoms with Gasteiger partial charge in [0.15, 0.2) is 4.32 Å². The predicted octanol–water partition coefficient (Wildman–Crippen LogP) is 4.72. The van der Waals surface area contributed by atoms with Gasteiger partial charge < -0.3 is 0 Å². The number of hydrogen-bond donors (Lipinski definition) is 0. The average Bonchev–Trinajstić information content (AvgIpc) is 3.09. The molecular formula is C16H13NOS3. The molecule has 21 heavy (non-hydrogen) atoms. The van der Waals surface area contributed by atoms with Crippen molar-refractivity contribution < 1.29 is 4.79 Å². The van der Waals surface area contributed by atoms with Crippen molar-refractivity contribution in [2.24, 2.45) is 0 Å². The molecule has 0 bridgehead atoms. The Morgan fingerprint density at radius 1 is 1.24 bits per heavy atom. The SMILES string of the molecule is CCc1ccc(N2C(=O)/C(=C\c3cccs3)SC2=S)cc1. The van der Waals surface area contributed by atoms with Gasteiger partial charge in [-0.1, -0.05) is 49.1 Å². The van der Waals surface area contributed by atoms with E-state index in [4.69, 9.17) is 12.2 Å². The van der Waals surface area contributed by atoms with Crippen molar-refractivity contribution in [2.45, 2.75) is 13.3 Å². The highest BCUT2D eigenvalue weighted by Gasteiger charge is 2.33. The Balaban J connectivity index is 1.90. The van der Waals surface area contributed by atoms with Crippen molar-refractivity contribution in [2.75, 3.05) is 4.90 Å². The maximum Gasteiger partial charge on any atom is 0.270 e. The Labute approximate surface area is 137 Å². The highest BCUT2D eigenvalue weighted by Crippen LogP contribution is 2.36. The topological polar surface area (TPSA) is 20.3 Å². The van der Waals surface area contributed by atoms with Crippen LogP contribution in [0.1, 0.15) is 17.4 Å². The Kier molecular flexibility index (Phi) is 4.24. The number of hydrogen-bond acceptors (Lipinski definition) is 4. The minimum absolute atomic E-state index is 0.0392. The van der Waals surface area contributed by atoms with E-state index in [9.17, 15) is 4.79 Å². The second-order valence-corrected chi connectivity index (χ2v) is 7.21. The van der Waals surface area contributed by atoms with Gasteiger partial charge in [-0.05, 0) is 41.6 Å². The molecule has 1 fully saturated rings. The van der Waals surface area contributed by atoms with Crippen molar-refractivity contribution in [3.63, 3.8) is 0 Å². The Morgan fingerprint density at radius 2 is 2.00 bits per heavy atom. The number of anilines is 1. The number of thiocarbonyl (C=S) groups is 1. The molecule has 0 radical (unpaired) electrons. The number of aryl methyl sites for hydroxylation is 1. The third-order valence-corrected chi connectivity index (χ3v) is 5.33. The van der Waals surface area contributed by atoms with Gasteiger partial charge >= 0.3 is 0 Å². The van der Waals surface area contributed by atoms with Gasteiger partial charge in [0.2, 0.25) is 0 Å². The number of rotatable bonds is 3. The monoisotopic (exact) mass is 331 g/mol. The van der Waals surface area contributed by atoms with E-state index in [2.05, 4.69) is 6.92 Å². The number of carbonyl (C=O) groups excluding carboxylic acids is 1. The molecular weight excluding hydrogens is 318 g/mol. The van der Waals surface area contributed by atoms with Gasteiger partial charge in [0.25, 0.3) is 5.91 Å². The molecule has 0 N–H and O–H groups in total. The lowest BCUT2D eigenvalue weighted by Crippen LogP contribution is -2.27. The van der Waals surface area contributed by atoms with E-state index in [1.807, 2.05) is 47.9 Å². The van der Waals surface area contributed by atoms with Crippen LogP contribution in [0.3, 0.4) is 0 Å². The summed E-state index contributed by atoms with van der Waals surface area (Å²) < 4.78 is 0.590. The van der Waals surface area contributed by atoms with Gasteiger partial charge in [-0.15, -0.1) is 11.3 Å². The second-order valence-electron chi connectivity index (χ2n) is 4.55. The van der Waals surface area contributed by atoms with Gasteiger partial charge in [0.05, 0.1) is 10.6 Å². The molecule has 0 spiro atoms. The molecule has 1 saturated heterocycles. The quantitative estimate of drug-likeness (QED) is 0.600. The van der Waals surface area contributed by atoms with E-state index in [1.165, 1.54) is 17.3 Å². The molecule has 5 heteroatoms. The average molecular weight is 331 g/mol. The van der Waals surface area contributed by atoms with Crippen LogP contribution in [-0.2, 0) is 11.2 Å². The van der Waals surface area contributed by atoms with E-state index in [0.717, 1.165) is 17.0 Å². The molecule has 0 atom stereocenters. The zero-order valence-corrected chi connectivity index (χ0v) is 13.9. The molecule has 0 aliphatic carbocycles. The lowest BCUT2D eigenvalue weighted by molar-refractivity contribution is -0.113. The van der Waals surface area contributed by atoms with Crippen molar-refractivity contribution in [1.29, 1.82) is 0 Å². The summed E-state index contributed by atoms with van der Waals surface area (Å²) in [6, 6.07) is 12.0. The minimum Gasteiger partial charge on any atom is -0.268 e. The first-order valence-electron chi connectivity index (χ1n) is 6.59. The molecule has 2 nitrogen and oxygen atoms in total. The molecule has 1 aromatic carbocycles. The molecule has 106 valence electrons. The third kappa shape index (κ3) is 2.95. The summed E-state index contributed by atoms with van der Waals surface area (Å²) in [6.07, 6.45) is 2.89. The molecule has 1 aliphatic rings. The maximum atomic E-state index is 12.6. The highest BCUT2D eigenvalue weighted by atomic mass is 32.2. The fourth-order valence-corrected chi connectivity index (χ4v) is 4.10. The molecule has 2 aromatic rings. The summed E-state index contributed by atoms with van der Waals surface area (Å²) in [4.78, 5) is 15.9. The first kappa shape index (κ1) is 14.5. The zero-order valence-electron chi connectivity index (χ0n) is 11.4. The Bertz CT molecular complexity index is 702. The van der Waals surface area contributed by atoms with Crippen LogP contribution in [0.4, 0.5) is 5.69 Å². The number of carbonyl (C=O) groups is 1. The van der Waals surface area contributed by atoms with E-state index in [1.54, 1.807) is 16.2 Å². The van der Waals surface area contributed by atoms with E-state index in [-0.39, 0.29) is 5.91 Å². The van der Waals surface area contributed by atoms with E-state index in [0.29, 0.717) is 9.23 Å². The lowest BCUT2D eigenvalue weighted by atomic mass is 10.1. The van der Waals surface area contributed by atoms with Gasteiger partial charge in [0, 0.05) is 4.88 Å². The number of amides is 1. The molecule has 2 heterocycles. The summed E-state index contributed by atoms with van der Waals surface area (Å²) in [5.41, 5.74) is 2.09. The summed E-state index contributed by atoms with van der Waals surface area (Å²) in [7, 11) is 0. The number of benzene rings is 1. The normalized spacial score (nSPS) is 17.0. The van der Waals surface area contributed by atoms with Crippen LogP contribution in [0.5, 0.6) is 0 Å². The molecule has 0 unspecified atom stereocenters. The van der Waals surface area contributed by atoms with Crippen molar-refractivity contribution in [1.82, 2.24) is 0 Å². The second kappa shape index (κ2) is 6.13. The minimum atomic E-state index is -0.0392.